The number of nitrogens with two attached hydrogens (primary N) is 1. The van der Waals surface area contributed by atoms with E-state index in [1.165, 1.54) is 5.56 Å². The van der Waals surface area contributed by atoms with Crippen LogP contribution in [0.1, 0.15) is 24.8 Å². The van der Waals surface area contributed by atoms with Crippen molar-refractivity contribution in [3.05, 3.63) is 22.2 Å². The van der Waals surface area contributed by atoms with Gasteiger partial charge in [0.15, 0.2) is 11.5 Å². The first-order valence-electron chi connectivity index (χ1n) is 5.01. The van der Waals surface area contributed by atoms with Crippen LogP contribution in [0.4, 0.5) is 0 Å². The highest BCUT2D eigenvalue weighted by molar-refractivity contribution is 9.10. The molecule has 2 N–H and O–H groups in total. The average Bonchev–Trinajstić information content (AvgIpc) is 2.66. The molecule has 0 spiro atoms. The van der Waals surface area contributed by atoms with Gasteiger partial charge in [-0.05, 0) is 52.5 Å². The Bertz CT molecular complexity index is 368. The number of rotatable bonds is 3. The maximum atomic E-state index is 5.55. The minimum Gasteiger partial charge on any atom is -0.454 e. The minimum absolute atomic E-state index is 0.308. The molecule has 0 saturated carbocycles. The summed E-state index contributed by atoms with van der Waals surface area (Å²) in [4.78, 5) is 0. The van der Waals surface area contributed by atoms with E-state index in [1.807, 2.05) is 6.07 Å². The average molecular weight is 272 g/mol. The van der Waals surface area contributed by atoms with Crippen LogP contribution in [0.25, 0.3) is 0 Å². The summed E-state index contributed by atoms with van der Waals surface area (Å²) in [6.07, 6.45) is 0.978. The Kier molecular flexibility index (Phi) is 3.17. The molecule has 1 unspecified atom stereocenters. The third-order valence-corrected chi connectivity index (χ3v) is 3.21. The second-order valence-electron chi connectivity index (χ2n) is 3.71. The van der Waals surface area contributed by atoms with Gasteiger partial charge >= 0.3 is 0 Å². The maximum Gasteiger partial charge on any atom is 0.231 e. The molecule has 4 heteroatoms. The van der Waals surface area contributed by atoms with Crippen molar-refractivity contribution in [1.82, 2.24) is 0 Å². The molecule has 1 aliphatic heterocycles. The van der Waals surface area contributed by atoms with E-state index in [0.717, 1.165) is 22.4 Å². The number of hydrogen-bond acceptors (Lipinski definition) is 3. The lowest BCUT2D eigenvalue weighted by molar-refractivity contribution is 0.173. The highest BCUT2D eigenvalue weighted by Gasteiger charge is 2.19. The van der Waals surface area contributed by atoms with Crippen LogP contribution in [0.2, 0.25) is 0 Å². The molecule has 3 nitrogen and oxygen atoms in total. The molecule has 0 amide bonds. The summed E-state index contributed by atoms with van der Waals surface area (Å²) < 4.78 is 11.6. The second kappa shape index (κ2) is 4.41. The standard InChI is InChI=1S/C11H14BrNO2/c1-7(2-3-13)8-4-9(12)11-10(5-8)14-6-15-11/h4-5,7H,2-3,6,13H2,1H3. The Hall–Kier alpha value is -0.740. The van der Waals surface area contributed by atoms with Crippen LogP contribution >= 0.6 is 15.9 Å². The lowest BCUT2D eigenvalue weighted by Gasteiger charge is -2.12. The Morgan fingerprint density at radius 3 is 3.00 bits per heavy atom. The Morgan fingerprint density at radius 2 is 2.27 bits per heavy atom. The van der Waals surface area contributed by atoms with Crippen molar-refractivity contribution in [2.24, 2.45) is 5.73 Å². The molecule has 15 heavy (non-hydrogen) atoms. The molecule has 0 aliphatic carbocycles. The zero-order valence-electron chi connectivity index (χ0n) is 8.63. The van der Waals surface area contributed by atoms with E-state index >= 15 is 0 Å². The molecule has 1 atom stereocenters. The summed E-state index contributed by atoms with van der Waals surface area (Å²) in [6, 6.07) is 4.11. The molecular weight excluding hydrogens is 258 g/mol. The molecule has 1 heterocycles. The van der Waals surface area contributed by atoms with Crippen molar-refractivity contribution in [1.29, 1.82) is 0 Å². The molecule has 2 rings (SSSR count). The first-order valence-corrected chi connectivity index (χ1v) is 5.80. The van der Waals surface area contributed by atoms with Gasteiger partial charge in [-0.15, -0.1) is 0 Å². The van der Waals surface area contributed by atoms with Crippen LogP contribution in [0, 0.1) is 0 Å². The molecule has 1 aromatic rings. The van der Waals surface area contributed by atoms with E-state index in [9.17, 15) is 0 Å². The van der Waals surface area contributed by atoms with Crippen LogP contribution in [0.3, 0.4) is 0 Å². The van der Waals surface area contributed by atoms with E-state index in [1.54, 1.807) is 0 Å². The van der Waals surface area contributed by atoms with Crippen LogP contribution in [0.15, 0.2) is 16.6 Å². The highest BCUT2D eigenvalue weighted by atomic mass is 79.9. The summed E-state index contributed by atoms with van der Waals surface area (Å²) in [5, 5.41) is 0. The first kappa shape index (κ1) is 10.8. The normalized spacial score (nSPS) is 15.4. The van der Waals surface area contributed by atoms with Crippen LogP contribution < -0.4 is 15.2 Å². The van der Waals surface area contributed by atoms with Gasteiger partial charge < -0.3 is 15.2 Å². The molecular formula is C11H14BrNO2. The van der Waals surface area contributed by atoms with Crippen molar-refractivity contribution >= 4 is 15.9 Å². The molecule has 1 aliphatic rings. The van der Waals surface area contributed by atoms with Crippen LogP contribution in [-0.4, -0.2) is 13.3 Å². The van der Waals surface area contributed by atoms with E-state index in [2.05, 4.69) is 28.9 Å². The van der Waals surface area contributed by atoms with Gasteiger partial charge in [-0.1, -0.05) is 6.92 Å². The summed E-state index contributed by atoms with van der Waals surface area (Å²) in [5.74, 6) is 2.07. The van der Waals surface area contributed by atoms with Gasteiger partial charge in [0.1, 0.15) is 0 Å². The topological polar surface area (TPSA) is 44.5 Å². The van der Waals surface area contributed by atoms with Crippen molar-refractivity contribution in [2.45, 2.75) is 19.3 Å². The Morgan fingerprint density at radius 1 is 1.47 bits per heavy atom. The molecule has 0 fully saturated rings. The predicted octanol–water partition coefficient (Wildman–Crippen LogP) is 2.63. The smallest absolute Gasteiger partial charge is 0.231 e. The molecule has 0 bridgehead atoms. The number of benzene rings is 1. The van der Waals surface area contributed by atoms with Crippen molar-refractivity contribution < 1.29 is 9.47 Å². The summed E-state index contributed by atoms with van der Waals surface area (Å²) in [5.41, 5.74) is 6.78. The van der Waals surface area contributed by atoms with Gasteiger partial charge in [0.2, 0.25) is 6.79 Å². The molecule has 82 valence electrons. The SMILES string of the molecule is CC(CCN)c1cc(Br)c2c(c1)OCO2. The minimum atomic E-state index is 0.308. The van der Waals surface area contributed by atoms with E-state index < -0.39 is 0 Å². The Balaban J connectivity index is 2.30. The number of halogens is 1. The number of ether oxygens (including phenoxy) is 2. The van der Waals surface area contributed by atoms with E-state index in [4.69, 9.17) is 15.2 Å². The van der Waals surface area contributed by atoms with Crippen molar-refractivity contribution in [3.8, 4) is 11.5 Å². The maximum absolute atomic E-state index is 5.55. The lowest BCUT2D eigenvalue weighted by atomic mass is 9.97. The molecule has 0 saturated heterocycles. The second-order valence-corrected chi connectivity index (χ2v) is 4.57. The van der Waals surface area contributed by atoms with Crippen molar-refractivity contribution in [3.63, 3.8) is 0 Å². The fraction of sp³-hybridized carbons (Fsp3) is 0.455. The van der Waals surface area contributed by atoms with Gasteiger partial charge in [0.25, 0.3) is 0 Å². The summed E-state index contributed by atoms with van der Waals surface area (Å²) in [7, 11) is 0. The van der Waals surface area contributed by atoms with Gasteiger partial charge in [0.05, 0.1) is 4.47 Å². The molecule has 0 aromatic heterocycles. The highest BCUT2D eigenvalue weighted by Crippen LogP contribution is 2.41. The van der Waals surface area contributed by atoms with Crippen molar-refractivity contribution in [2.75, 3.05) is 13.3 Å². The third-order valence-electron chi connectivity index (χ3n) is 2.62. The van der Waals surface area contributed by atoms with Gasteiger partial charge in [-0.3, -0.25) is 0 Å². The number of fused-ring (bicyclic) bond motifs is 1. The summed E-state index contributed by atoms with van der Waals surface area (Å²) >= 11 is 3.48. The lowest BCUT2D eigenvalue weighted by Crippen LogP contribution is -2.04. The van der Waals surface area contributed by atoms with Crippen LogP contribution in [0.5, 0.6) is 11.5 Å². The molecule has 1 aromatic carbocycles. The fourth-order valence-electron chi connectivity index (χ4n) is 1.69. The zero-order chi connectivity index (χ0) is 10.8. The fourth-order valence-corrected chi connectivity index (χ4v) is 2.26. The molecule has 0 radical (unpaired) electrons. The van der Waals surface area contributed by atoms with Gasteiger partial charge in [-0.2, -0.15) is 0 Å². The first-order chi connectivity index (χ1) is 7.22. The largest absolute Gasteiger partial charge is 0.454 e. The monoisotopic (exact) mass is 271 g/mol. The quantitative estimate of drug-likeness (QED) is 0.919. The van der Waals surface area contributed by atoms with Gasteiger partial charge in [-0.25, -0.2) is 0 Å². The zero-order valence-corrected chi connectivity index (χ0v) is 10.2. The van der Waals surface area contributed by atoms with E-state index in [0.29, 0.717) is 19.3 Å². The van der Waals surface area contributed by atoms with E-state index in [-0.39, 0.29) is 0 Å². The summed E-state index contributed by atoms with van der Waals surface area (Å²) in [6.45, 7) is 3.17. The predicted molar refractivity (Wildman–Crippen MR) is 62.4 cm³/mol. The third kappa shape index (κ3) is 2.11. The number of hydrogen-bond donors (Lipinski definition) is 1. The Labute approximate surface area is 97.7 Å². The van der Waals surface area contributed by atoms with Gasteiger partial charge in [0, 0.05) is 0 Å². The van der Waals surface area contributed by atoms with Crippen LogP contribution in [-0.2, 0) is 0 Å².